The van der Waals surface area contributed by atoms with Crippen molar-refractivity contribution in [1.82, 2.24) is 5.32 Å². The van der Waals surface area contributed by atoms with Crippen molar-refractivity contribution in [3.63, 3.8) is 0 Å². The van der Waals surface area contributed by atoms with E-state index in [0.717, 1.165) is 13.0 Å². The van der Waals surface area contributed by atoms with Crippen LogP contribution in [0.4, 0.5) is 4.39 Å². The smallest absolute Gasteiger partial charge is 0.123 e. The molecular formula is C19H32FN. The summed E-state index contributed by atoms with van der Waals surface area (Å²) in [5.41, 5.74) is 1.19. The largest absolute Gasteiger partial charge is 0.310 e. The molecule has 1 rings (SSSR count). The van der Waals surface area contributed by atoms with E-state index >= 15 is 0 Å². The van der Waals surface area contributed by atoms with E-state index in [2.05, 4.69) is 19.2 Å². The molecule has 0 aliphatic carbocycles. The number of unbranched alkanes of at least 4 members (excludes halogenated alkanes) is 7. The molecule has 1 nitrogen and oxygen atoms in total. The Labute approximate surface area is 130 Å². The Hall–Kier alpha value is -0.890. The van der Waals surface area contributed by atoms with E-state index in [-0.39, 0.29) is 5.82 Å². The minimum absolute atomic E-state index is 0.156. The number of hydrogen-bond donors (Lipinski definition) is 1. The molecule has 0 amide bonds. The van der Waals surface area contributed by atoms with Crippen LogP contribution in [0.3, 0.4) is 0 Å². The van der Waals surface area contributed by atoms with Crippen LogP contribution in [0.25, 0.3) is 0 Å². The summed E-state index contributed by atoms with van der Waals surface area (Å²) in [6.45, 7) is 5.50. The summed E-state index contributed by atoms with van der Waals surface area (Å²) < 4.78 is 12.9. The van der Waals surface area contributed by atoms with Crippen LogP contribution in [0.1, 0.15) is 83.2 Å². The van der Waals surface area contributed by atoms with Crippen molar-refractivity contribution in [1.29, 1.82) is 0 Å². The number of hydrogen-bond acceptors (Lipinski definition) is 1. The number of nitrogens with one attached hydrogen (secondary N) is 1. The summed E-state index contributed by atoms with van der Waals surface area (Å²) in [5, 5.41) is 3.59. The molecule has 1 aromatic rings. The van der Waals surface area contributed by atoms with Gasteiger partial charge in [0.1, 0.15) is 5.82 Å². The highest BCUT2D eigenvalue weighted by Crippen LogP contribution is 2.17. The van der Waals surface area contributed by atoms with Gasteiger partial charge in [0.05, 0.1) is 0 Å². The molecule has 2 heteroatoms. The number of benzene rings is 1. The molecule has 0 fully saturated rings. The zero-order valence-electron chi connectivity index (χ0n) is 13.8. The minimum Gasteiger partial charge on any atom is -0.310 e. The first-order valence-corrected chi connectivity index (χ1v) is 8.76. The van der Waals surface area contributed by atoms with Crippen molar-refractivity contribution >= 4 is 0 Å². The van der Waals surface area contributed by atoms with Crippen LogP contribution >= 0.6 is 0 Å². The first kappa shape index (κ1) is 18.2. The summed E-state index contributed by atoms with van der Waals surface area (Å²) in [7, 11) is 0. The zero-order valence-corrected chi connectivity index (χ0v) is 13.8. The molecule has 0 saturated carbocycles. The van der Waals surface area contributed by atoms with Gasteiger partial charge in [-0.3, -0.25) is 0 Å². The predicted molar refractivity (Wildman–Crippen MR) is 90.0 cm³/mol. The van der Waals surface area contributed by atoms with Crippen molar-refractivity contribution in [3.8, 4) is 0 Å². The minimum atomic E-state index is -0.156. The molecular weight excluding hydrogens is 261 g/mol. The zero-order chi connectivity index (χ0) is 15.3. The molecule has 21 heavy (non-hydrogen) atoms. The van der Waals surface area contributed by atoms with Gasteiger partial charge in [-0.15, -0.1) is 0 Å². The lowest BCUT2D eigenvalue weighted by molar-refractivity contribution is 0.490. The number of rotatable bonds is 12. The second-order valence-corrected chi connectivity index (χ2v) is 5.94. The van der Waals surface area contributed by atoms with E-state index in [1.54, 1.807) is 12.1 Å². The summed E-state index contributed by atoms with van der Waals surface area (Å²) in [5.74, 6) is -0.156. The highest BCUT2D eigenvalue weighted by molar-refractivity contribution is 5.19. The van der Waals surface area contributed by atoms with Crippen LogP contribution in [0, 0.1) is 5.82 Å². The van der Waals surface area contributed by atoms with Crippen molar-refractivity contribution in [2.45, 2.75) is 77.7 Å². The molecule has 1 N–H and O–H groups in total. The molecule has 0 aliphatic heterocycles. The van der Waals surface area contributed by atoms with Crippen molar-refractivity contribution < 1.29 is 4.39 Å². The average molecular weight is 293 g/mol. The molecule has 0 bridgehead atoms. The second kappa shape index (κ2) is 11.7. The molecule has 0 aromatic heterocycles. The van der Waals surface area contributed by atoms with Gasteiger partial charge in [0, 0.05) is 6.04 Å². The standard InChI is InChI=1S/C19H32FN/c1-3-5-6-7-8-9-10-11-16-21-19(4-2)17-12-14-18(20)15-13-17/h12-15,19,21H,3-11,16H2,1-2H3. The van der Waals surface area contributed by atoms with Crippen molar-refractivity contribution in [2.24, 2.45) is 0 Å². The van der Waals surface area contributed by atoms with Crippen LogP contribution in [0.15, 0.2) is 24.3 Å². The van der Waals surface area contributed by atoms with E-state index in [4.69, 9.17) is 0 Å². The Bertz CT molecular complexity index is 347. The Morgan fingerprint density at radius 2 is 1.43 bits per heavy atom. The van der Waals surface area contributed by atoms with E-state index < -0.39 is 0 Å². The van der Waals surface area contributed by atoms with E-state index in [1.807, 2.05) is 12.1 Å². The van der Waals surface area contributed by atoms with Gasteiger partial charge in [-0.1, -0.05) is 70.9 Å². The molecule has 0 spiro atoms. The average Bonchev–Trinajstić information content (AvgIpc) is 2.51. The van der Waals surface area contributed by atoms with E-state index in [0.29, 0.717) is 6.04 Å². The second-order valence-electron chi connectivity index (χ2n) is 5.94. The van der Waals surface area contributed by atoms with Crippen LogP contribution < -0.4 is 5.32 Å². The Morgan fingerprint density at radius 1 is 0.857 bits per heavy atom. The summed E-state index contributed by atoms with van der Waals surface area (Å²) >= 11 is 0. The Balaban J connectivity index is 2.08. The van der Waals surface area contributed by atoms with Gasteiger partial charge < -0.3 is 5.32 Å². The topological polar surface area (TPSA) is 12.0 Å². The van der Waals surface area contributed by atoms with Gasteiger partial charge in [-0.05, 0) is 37.1 Å². The Kier molecular flexibility index (Phi) is 10.1. The van der Waals surface area contributed by atoms with Gasteiger partial charge in [0.2, 0.25) is 0 Å². The maximum Gasteiger partial charge on any atom is 0.123 e. The Morgan fingerprint density at radius 3 is 2.00 bits per heavy atom. The fourth-order valence-corrected chi connectivity index (χ4v) is 2.73. The van der Waals surface area contributed by atoms with Gasteiger partial charge >= 0.3 is 0 Å². The lowest BCUT2D eigenvalue weighted by Gasteiger charge is -2.17. The molecule has 1 unspecified atom stereocenters. The third kappa shape index (κ3) is 8.21. The lowest BCUT2D eigenvalue weighted by Crippen LogP contribution is -2.21. The summed E-state index contributed by atoms with van der Waals surface area (Å²) in [6.07, 6.45) is 11.9. The van der Waals surface area contributed by atoms with Gasteiger partial charge in [0.25, 0.3) is 0 Å². The van der Waals surface area contributed by atoms with Crippen LogP contribution in [-0.4, -0.2) is 6.54 Å². The predicted octanol–water partition coefficient (Wildman–Crippen LogP) is 6.01. The molecule has 0 saturated heterocycles. The fourth-order valence-electron chi connectivity index (χ4n) is 2.73. The normalized spacial score (nSPS) is 12.5. The van der Waals surface area contributed by atoms with E-state index in [1.165, 1.54) is 56.9 Å². The molecule has 0 heterocycles. The molecule has 1 aromatic carbocycles. The molecule has 120 valence electrons. The third-order valence-corrected chi connectivity index (χ3v) is 4.10. The summed E-state index contributed by atoms with van der Waals surface area (Å²) in [6, 6.07) is 7.25. The summed E-state index contributed by atoms with van der Waals surface area (Å²) in [4.78, 5) is 0. The van der Waals surface area contributed by atoms with Gasteiger partial charge in [-0.2, -0.15) is 0 Å². The molecule has 0 radical (unpaired) electrons. The van der Waals surface area contributed by atoms with Gasteiger partial charge in [-0.25, -0.2) is 4.39 Å². The molecule has 0 aliphatic rings. The van der Waals surface area contributed by atoms with Crippen molar-refractivity contribution in [2.75, 3.05) is 6.54 Å². The molecule has 1 atom stereocenters. The fraction of sp³-hybridized carbons (Fsp3) is 0.684. The SMILES string of the molecule is CCCCCCCCCCNC(CC)c1ccc(F)cc1. The highest BCUT2D eigenvalue weighted by atomic mass is 19.1. The van der Waals surface area contributed by atoms with E-state index in [9.17, 15) is 4.39 Å². The van der Waals surface area contributed by atoms with Crippen LogP contribution in [0.5, 0.6) is 0 Å². The van der Waals surface area contributed by atoms with Gasteiger partial charge in [0.15, 0.2) is 0 Å². The monoisotopic (exact) mass is 293 g/mol. The maximum absolute atomic E-state index is 12.9. The quantitative estimate of drug-likeness (QED) is 0.465. The third-order valence-electron chi connectivity index (χ3n) is 4.10. The van der Waals surface area contributed by atoms with Crippen LogP contribution in [-0.2, 0) is 0 Å². The lowest BCUT2D eigenvalue weighted by atomic mass is 10.0. The number of halogens is 1. The van der Waals surface area contributed by atoms with Crippen LogP contribution in [0.2, 0.25) is 0 Å². The first-order valence-electron chi connectivity index (χ1n) is 8.76. The van der Waals surface area contributed by atoms with Crippen molar-refractivity contribution in [3.05, 3.63) is 35.6 Å². The maximum atomic E-state index is 12.9. The first-order chi connectivity index (χ1) is 10.3. The highest BCUT2D eigenvalue weighted by Gasteiger charge is 2.07.